The fourth-order valence-corrected chi connectivity index (χ4v) is 4.86. The second-order valence-corrected chi connectivity index (χ2v) is 8.10. The number of amides is 1. The standard InChI is InChI=1S/C22H21N3O3S/c26-21(13-29-22-16-4-1-2-5-17(16)23-14-24-22)25-9-3-6-18(25)15-7-8-19-20(12-15)28-11-10-27-19/h1-2,4-5,7-8,12,14,18H,3,6,9-11,13H2/t18-/m0/s1. The fourth-order valence-electron chi connectivity index (χ4n) is 3.99. The minimum Gasteiger partial charge on any atom is -0.486 e. The summed E-state index contributed by atoms with van der Waals surface area (Å²) in [5.41, 5.74) is 2.00. The molecule has 5 rings (SSSR count). The van der Waals surface area contributed by atoms with Crippen LogP contribution in [0.4, 0.5) is 0 Å². The van der Waals surface area contributed by atoms with E-state index in [4.69, 9.17) is 9.47 Å². The third-order valence-corrected chi connectivity index (χ3v) is 6.35. The van der Waals surface area contributed by atoms with E-state index in [1.54, 1.807) is 6.33 Å². The van der Waals surface area contributed by atoms with E-state index in [0.717, 1.165) is 52.4 Å². The lowest BCUT2D eigenvalue weighted by Gasteiger charge is -2.26. The number of ether oxygens (including phenoxy) is 2. The van der Waals surface area contributed by atoms with Crippen LogP contribution in [0.1, 0.15) is 24.4 Å². The van der Waals surface area contributed by atoms with Gasteiger partial charge >= 0.3 is 0 Å². The van der Waals surface area contributed by atoms with E-state index in [9.17, 15) is 4.79 Å². The molecule has 0 radical (unpaired) electrons. The number of likely N-dealkylation sites (tertiary alicyclic amines) is 1. The number of aromatic nitrogens is 2. The number of rotatable bonds is 4. The van der Waals surface area contributed by atoms with Crippen molar-refractivity contribution >= 4 is 28.6 Å². The Labute approximate surface area is 173 Å². The molecule has 1 fully saturated rings. The predicted molar refractivity (Wildman–Crippen MR) is 111 cm³/mol. The summed E-state index contributed by atoms with van der Waals surface area (Å²) in [7, 11) is 0. The molecule has 29 heavy (non-hydrogen) atoms. The molecule has 0 saturated carbocycles. The molecule has 2 aliphatic heterocycles. The van der Waals surface area contributed by atoms with Gasteiger partial charge in [-0.25, -0.2) is 9.97 Å². The molecule has 0 aliphatic carbocycles. The molecule has 1 atom stereocenters. The first-order chi connectivity index (χ1) is 14.3. The highest BCUT2D eigenvalue weighted by Crippen LogP contribution is 2.38. The van der Waals surface area contributed by atoms with Gasteiger partial charge < -0.3 is 14.4 Å². The molecule has 0 spiro atoms. The van der Waals surface area contributed by atoms with Crippen molar-refractivity contribution in [2.45, 2.75) is 23.9 Å². The van der Waals surface area contributed by atoms with Crippen LogP contribution < -0.4 is 9.47 Å². The number of para-hydroxylation sites is 1. The molecule has 0 N–H and O–H groups in total. The van der Waals surface area contributed by atoms with Gasteiger partial charge in [-0.15, -0.1) is 0 Å². The SMILES string of the molecule is O=C(CSc1ncnc2ccccc12)N1CCC[C@H]1c1ccc2c(c1)OCCO2. The summed E-state index contributed by atoms with van der Waals surface area (Å²) < 4.78 is 11.3. The summed E-state index contributed by atoms with van der Waals surface area (Å²) in [6.07, 6.45) is 3.53. The molecule has 2 aliphatic rings. The van der Waals surface area contributed by atoms with Crippen molar-refractivity contribution in [3.63, 3.8) is 0 Å². The molecule has 1 aromatic heterocycles. The third-order valence-electron chi connectivity index (χ3n) is 5.36. The van der Waals surface area contributed by atoms with E-state index in [1.807, 2.05) is 41.3 Å². The van der Waals surface area contributed by atoms with E-state index in [0.29, 0.717) is 19.0 Å². The zero-order chi connectivity index (χ0) is 19.6. The molecule has 1 amide bonds. The molecule has 0 bridgehead atoms. The van der Waals surface area contributed by atoms with Gasteiger partial charge in [0.1, 0.15) is 24.6 Å². The maximum absolute atomic E-state index is 13.0. The van der Waals surface area contributed by atoms with E-state index >= 15 is 0 Å². The van der Waals surface area contributed by atoms with Crippen molar-refractivity contribution in [2.75, 3.05) is 25.5 Å². The van der Waals surface area contributed by atoms with E-state index in [-0.39, 0.29) is 11.9 Å². The van der Waals surface area contributed by atoms with Crippen molar-refractivity contribution in [2.24, 2.45) is 0 Å². The monoisotopic (exact) mass is 407 g/mol. The predicted octanol–water partition coefficient (Wildman–Crippen LogP) is 3.86. The molecule has 6 nitrogen and oxygen atoms in total. The zero-order valence-corrected chi connectivity index (χ0v) is 16.7. The average molecular weight is 407 g/mol. The van der Waals surface area contributed by atoms with Crippen LogP contribution in [0.3, 0.4) is 0 Å². The molecule has 148 valence electrons. The maximum atomic E-state index is 13.0. The Bertz CT molecular complexity index is 1050. The molecule has 0 unspecified atom stereocenters. The van der Waals surface area contributed by atoms with Gasteiger partial charge in [-0.1, -0.05) is 36.0 Å². The minimum absolute atomic E-state index is 0.0843. The van der Waals surface area contributed by atoms with E-state index in [2.05, 4.69) is 16.0 Å². The molecule has 1 saturated heterocycles. The number of hydrogen-bond donors (Lipinski definition) is 0. The molecule has 3 aromatic rings. The molecular formula is C22H21N3O3S. The summed E-state index contributed by atoms with van der Waals surface area (Å²) in [4.78, 5) is 23.7. The lowest BCUT2D eigenvalue weighted by Crippen LogP contribution is -2.32. The lowest BCUT2D eigenvalue weighted by atomic mass is 10.0. The van der Waals surface area contributed by atoms with Gasteiger partial charge in [-0.05, 0) is 36.6 Å². The van der Waals surface area contributed by atoms with Crippen molar-refractivity contribution in [1.82, 2.24) is 14.9 Å². The van der Waals surface area contributed by atoms with Gasteiger partial charge in [0.05, 0.1) is 17.3 Å². The molecule has 7 heteroatoms. The molecular weight excluding hydrogens is 386 g/mol. The van der Waals surface area contributed by atoms with Crippen molar-refractivity contribution in [3.05, 3.63) is 54.4 Å². The van der Waals surface area contributed by atoms with Crippen molar-refractivity contribution < 1.29 is 14.3 Å². The van der Waals surface area contributed by atoms with Gasteiger partial charge in [-0.2, -0.15) is 0 Å². The largest absolute Gasteiger partial charge is 0.486 e. The van der Waals surface area contributed by atoms with E-state index < -0.39 is 0 Å². The summed E-state index contributed by atoms with van der Waals surface area (Å²) in [6.45, 7) is 1.92. The van der Waals surface area contributed by atoms with Gasteiger partial charge in [0, 0.05) is 11.9 Å². The second kappa shape index (κ2) is 7.91. The summed E-state index contributed by atoms with van der Waals surface area (Å²) in [6, 6.07) is 14.0. The first-order valence-corrected chi connectivity index (χ1v) is 10.8. The van der Waals surface area contributed by atoms with Gasteiger partial charge in [0.15, 0.2) is 11.5 Å². The number of nitrogens with zero attached hydrogens (tertiary/aromatic N) is 3. The van der Waals surface area contributed by atoms with Gasteiger partial charge in [0.25, 0.3) is 0 Å². The lowest BCUT2D eigenvalue weighted by molar-refractivity contribution is -0.129. The van der Waals surface area contributed by atoms with Crippen LogP contribution in [0, 0.1) is 0 Å². The Morgan fingerprint density at radius 1 is 1.10 bits per heavy atom. The van der Waals surface area contributed by atoms with Crippen molar-refractivity contribution in [1.29, 1.82) is 0 Å². The Morgan fingerprint density at radius 2 is 1.97 bits per heavy atom. The van der Waals surface area contributed by atoms with Gasteiger partial charge in [0.2, 0.25) is 5.91 Å². The number of fused-ring (bicyclic) bond motifs is 2. The minimum atomic E-state index is 0.0843. The van der Waals surface area contributed by atoms with Crippen LogP contribution >= 0.6 is 11.8 Å². The number of carbonyl (C=O) groups is 1. The summed E-state index contributed by atoms with van der Waals surface area (Å²) in [5.74, 6) is 2.05. The van der Waals surface area contributed by atoms with Crippen LogP contribution in [0.15, 0.2) is 53.8 Å². The highest BCUT2D eigenvalue weighted by Gasteiger charge is 2.31. The number of hydrogen-bond acceptors (Lipinski definition) is 6. The summed E-state index contributed by atoms with van der Waals surface area (Å²) in [5, 5.41) is 1.83. The highest BCUT2D eigenvalue weighted by molar-refractivity contribution is 8.00. The Morgan fingerprint density at radius 3 is 2.90 bits per heavy atom. The quantitative estimate of drug-likeness (QED) is 0.483. The number of benzene rings is 2. The number of thioether (sulfide) groups is 1. The normalized spacial score (nSPS) is 18.2. The maximum Gasteiger partial charge on any atom is 0.233 e. The number of carbonyl (C=O) groups excluding carboxylic acids is 1. The Kier molecular flexibility index (Phi) is 4.97. The van der Waals surface area contributed by atoms with Crippen LogP contribution in [0.2, 0.25) is 0 Å². The van der Waals surface area contributed by atoms with Crippen LogP contribution in [-0.2, 0) is 4.79 Å². The Hall–Kier alpha value is -2.80. The zero-order valence-electron chi connectivity index (χ0n) is 15.9. The summed E-state index contributed by atoms with van der Waals surface area (Å²) >= 11 is 1.48. The van der Waals surface area contributed by atoms with Gasteiger partial charge in [-0.3, -0.25) is 4.79 Å². The average Bonchev–Trinajstić information content (AvgIpc) is 3.27. The van der Waals surface area contributed by atoms with Crippen LogP contribution in [0.5, 0.6) is 11.5 Å². The third kappa shape index (κ3) is 3.62. The first-order valence-electron chi connectivity index (χ1n) is 9.81. The van der Waals surface area contributed by atoms with Crippen molar-refractivity contribution in [3.8, 4) is 11.5 Å². The first kappa shape index (κ1) is 18.2. The van der Waals surface area contributed by atoms with E-state index in [1.165, 1.54) is 11.8 Å². The fraction of sp³-hybridized carbons (Fsp3) is 0.318. The topological polar surface area (TPSA) is 64.6 Å². The smallest absolute Gasteiger partial charge is 0.233 e. The molecule has 3 heterocycles. The van der Waals surface area contributed by atoms with Crippen LogP contribution in [-0.4, -0.2) is 46.3 Å². The second-order valence-electron chi connectivity index (χ2n) is 7.13. The molecule has 2 aromatic carbocycles. The van der Waals surface area contributed by atoms with Crippen LogP contribution in [0.25, 0.3) is 10.9 Å². The highest BCUT2D eigenvalue weighted by atomic mass is 32.2. The Balaban J connectivity index is 1.31.